The summed E-state index contributed by atoms with van der Waals surface area (Å²) in [6.07, 6.45) is 18.5. The Morgan fingerprint density at radius 1 is 0.759 bits per heavy atom. The van der Waals surface area contributed by atoms with Crippen molar-refractivity contribution in [1.82, 2.24) is 0 Å². The van der Waals surface area contributed by atoms with Crippen molar-refractivity contribution >= 4 is 11.9 Å². The second-order valence-electron chi connectivity index (χ2n) is 8.24. The Labute approximate surface area is 217 Å². The number of rotatable bonds is 19. The maximum atomic E-state index is 11.8. The molecule has 0 bridgehead atoms. The van der Waals surface area contributed by atoms with Crippen molar-refractivity contribution in [1.29, 1.82) is 0 Å². The predicted molar refractivity (Wildman–Crippen MR) is 114 cm³/mol. The van der Waals surface area contributed by atoms with Gasteiger partial charge in [0, 0.05) is 0 Å². The normalized spacial score (nSPS) is 12.4. The van der Waals surface area contributed by atoms with Crippen LogP contribution in [0.5, 0.6) is 0 Å². The van der Waals surface area contributed by atoms with E-state index in [0.29, 0.717) is 0 Å². The van der Waals surface area contributed by atoms with Crippen LogP contribution in [-0.4, -0.2) is 22.6 Å². The number of carboxylic acid groups (broad SMARTS) is 1. The van der Waals surface area contributed by atoms with Crippen LogP contribution < -0.4 is 48.4 Å². The predicted octanol–water partition coefficient (Wildman–Crippen LogP) is 1.28. The maximum absolute atomic E-state index is 11.8. The molecule has 0 spiro atoms. The van der Waals surface area contributed by atoms with Gasteiger partial charge >= 0.3 is 60.4 Å². The fraction of sp³-hybridized carbons (Fsp3) is 0.913. The van der Waals surface area contributed by atoms with Crippen molar-refractivity contribution < 1.29 is 70.7 Å². The first-order valence-electron chi connectivity index (χ1n) is 11.4. The third-order valence-corrected chi connectivity index (χ3v) is 5.27. The number of aliphatic carboxylic acids is 1. The minimum Gasteiger partial charge on any atom is -1.00 e. The summed E-state index contributed by atoms with van der Waals surface area (Å²) >= 11 is 0. The van der Waals surface area contributed by atoms with Crippen molar-refractivity contribution in [2.24, 2.45) is 0 Å². The summed E-state index contributed by atoms with van der Waals surface area (Å²) in [4.78, 5) is 22.6. The number of carbonyl (C=O) groups excluding carboxylic acids is 1. The van der Waals surface area contributed by atoms with Gasteiger partial charge in [-0.3, -0.25) is 9.59 Å². The van der Waals surface area contributed by atoms with E-state index in [0.717, 1.165) is 38.5 Å². The van der Waals surface area contributed by atoms with Gasteiger partial charge in [0.05, 0.1) is 0 Å². The zero-order valence-corrected chi connectivity index (χ0v) is 22.2. The van der Waals surface area contributed by atoms with Crippen LogP contribution in [0.4, 0.5) is 0 Å². The van der Waals surface area contributed by atoms with Gasteiger partial charge in [-0.05, 0) is 32.6 Å². The number of carboxylic acids is 1. The van der Waals surface area contributed by atoms with E-state index in [9.17, 15) is 9.59 Å². The van der Waals surface area contributed by atoms with Crippen molar-refractivity contribution in [3.8, 4) is 0 Å². The molecule has 164 valence electrons. The Hall–Kier alpha value is 0.537. The fourth-order valence-corrected chi connectivity index (χ4v) is 3.57. The molecule has 0 aliphatic heterocycles. The molecule has 1 unspecified atom stereocenters. The number of carbonyl (C=O) groups is 2. The van der Waals surface area contributed by atoms with Crippen molar-refractivity contribution in [2.75, 3.05) is 0 Å². The van der Waals surface area contributed by atoms with E-state index in [1.165, 1.54) is 64.2 Å². The molecule has 29 heavy (non-hydrogen) atoms. The van der Waals surface area contributed by atoms with Crippen LogP contribution in [0.15, 0.2) is 0 Å². The molecule has 0 rings (SSSR count). The topological polar surface area (TPSA) is 63.6 Å². The van der Waals surface area contributed by atoms with Crippen molar-refractivity contribution in [3.63, 3.8) is 0 Å². The number of hydrogen-bond acceptors (Lipinski definition) is 3. The molecule has 0 amide bonds. The van der Waals surface area contributed by atoms with Gasteiger partial charge in [0.15, 0.2) is 0 Å². The van der Waals surface area contributed by atoms with Gasteiger partial charge < -0.3 is 12.7 Å². The van der Waals surface area contributed by atoms with E-state index in [1.54, 1.807) is 0 Å². The van der Waals surface area contributed by atoms with Gasteiger partial charge in [-0.2, -0.15) is 0 Å². The molecule has 4 nitrogen and oxygen atoms in total. The first-order valence-corrected chi connectivity index (χ1v) is 11.4. The summed E-state index contributed by atoms with van der Waals surface area (Å²) in [5.74, 6) is -1.72. The van der Waals surface area contributed by atoms with E-state index in [4.69, 9.17) is 9.84 Å². The second kappa shape index (κ2) is 23.2. The summed E-state index contributed by atoms with van der Waals surface area (Å²) in [7, 11) is 0. The summed E-state index contributed by atoms with van der Waals surface area (Å²) in [6, 6.07) is 0. The van der Waals surface area contributed by atoms with Crippen LogP contribution >= 0.6 is 0 Å². The average molecular weight is 417 g/mol. The van der Waals surface area contributed by atoms with Crippen LogP contribution in [0.3, 0.4) is 0 Å². The summed E-state index contributed by atoms with van der Waals surface area (Å²) in [5, 5.41) is 8.79. The van der Waals surface area contributed by atoms with E-state index in [-0.39, 0.29) is 51.3 Å². The largest absolute Gasteiger partial charge is 1.00 e. The Balaban J connectivity index is -0.000000563. The zero-order chi connectivity index (χ0) is 20.4. The van der Waals surface area contributed by atoms with Gasteiger partial charge in [0.2, 0.25) is 0 Å². The Kier molecular flexibility index (Phi) is 27.3. The van der Waals surface area contributed by atoms with E-state index < -0.39 is 24.0 Å². The van der Waals surface area contributed by atoms with Crippen LogP contribution in [-0.2, 0) is 14.3 Å². The molecule has 0 fully saturated rings. The van der Waals surface area contributed by atoms with Gasteiger partial charge in [-0.15, -0.1) is 0 Å². The second-order valence-corrected chi connectivity index (χ2v) is 8.24. The van der Waals surface area contributed by atoms with Crippen LogP contribution in [0.1, 0.15) is 133 Å². The molecule has 1 N–H and O–H groups in total. The molecule has 0 saturated carbocycles. The molecule has 0 saturated heterocycles. The van der Waals surface area contributed by atoms with Gasteiger partial charge in [0.1, 0.15) is 12.0 Å². The molecule has 0 aliphatic carbocycles. The SMILES string of the molecule is CCCCCCCCCCCCC(C)(CCCCCC)OC(=O)CC(=O)O.[H-].[H-].[Li+].[Na+]. The zero-order valence-electron chi connectivity index (χ0n) is 22.2. The van der Waals surface area contributed by atoms with Crippen LogP contribution in [0.2, 0.25) is 0 Å². The van der Waals surface area contributed by atoms with E-state index in [2.05, 4.69) is 13.8 Å². The van der Waals surface area contributed by atoms with Crippen molar-refractivity contribution in [2.45, 2.75) is 136 Å². The van der Waals surface area contributed by atoms with E-state index in [1.807, 2.05) is 6.92 Å². The first-order chi connectivity index (χ1) is 12.9. The summed E-state index contributed by atoms with van der Waals surface area (Å²) in [6.45, 7) is 6.40. The third kappa shape index (κ3) is 23.0. The monoisotopic (exact) mass is 416 g/mol. The molecule has 0 aromatic heterocycles. The standard InChI is InChI=1S/C23H44O4.Li.Na.2H/c1-4-6-8-10-11-12-13-14-15-17-19-23(3,18-16-9-7-5-2)27-22(26)20-21(24)25;;;;/h4-20H2,1-3H3,(H,24,25);;;;/q;2*+1;2*-1. The molecule has 0 radical (unpaired) electrons. The molecule has 1 atom stereocenters. The van der Waals surface area contributed by atoms with Gasteiger partial charge in [-0.25, -0.2) is 0 Å². The van der Waals surface area contributed by atoms with Crippen molar-refractivity contribution in [3.05, 3.63) is 0 Å². The number of unbranched alkanes of at least 4 members (excludes halogenated alkanes) is 12. The number of ether oxygens (including phenoxy) is 1. The average Bonchev–Trinajstić information content (AvgIpc) is 2.59. The molecular weight excluding hydrogens is 370 g/mol. The minimum absolute atomic E-state index is 0. The van der Waals surface area contributed by atoms with Crippen LogP contribution in [0, 0.1) is 0 Å². The number of hydrogen-bond donors (Lipinski definition) is 1. The molecular formula is C23H46LiNaO4. The quantitative estimate of drug-likeness (QED) is 0.149. The molecule has 0 aromatic carbocycles. The minimum atomic E-state index is -1.12. The molecule has 0 aromatic rings. The van der Waals surface area contributed by atoms with E-state index >= 15 is 0 Å². The Morgan fingerprint density at radius 2 is 1.10 bits per heavy atom. The first kappa shape index (κ1) is 34.2. The van der Waals surface area contributed by atoms with Gasteiger partial charge in [-0.1, -0.05) is 90.9 Å². The Bertz CT molecular complexity index is 404. The molecule has 0 aliphatic rings. The third-order valence-electron chi connectivity index (χ3n) is 5.27. The fourth-order valence-electron chi connectivity index (χ4n) is 3.57. The summed E-state index contributed by atoms with van der Waals surface area (Å²) in [5.41, 5.74) is -0.513. The summed E-state index contributed by atoms with van der Waals surface area (Å²) < 4.78 is 5.59. The smallest absolute Gasteiger partial charge is 1.00 e. The van der Waals surface area contributed by atoms with Gasteiger partial charge in [0.25, 0.3) is 0 Å². The van der Waals surface area contributed by atoms with Crippen LogP contribution in [0.25, 0.3) is 0 Å². The Morgan fingerprint density at radius 3 is 1.48 bits per heavy atom. The maximum Gasteiger partial charge on any atom is 1.00 e. The molecule has 6 heteroatoms. The molecule has 0 heterocycles. The number of esters is 1.